The van der Waals surface area contributed by atoms with Crippen molar-refractivity contribution in [3.63, 3.8) is 0 Å². The highest BCUT2D eigenvalue weighted by molar-refractivity contribution is 5.91. The minimum atomic E-state index is -1.01. The van der Waals surface area contributed by atoms with Crippen LogP contribution < -0.4 is 16.4 Å². The Morgan fingerprint density at radius 3 is 2.09 bits per heavy atom. The van der Waals surface area contributed by atoms with E-state index in [9.17, 15) is 9.59 Å². The van der Waals surface area contributed by atoms with E-state index in [-0.39, 0.29) is 18.4 Å². The van der Waals surface area contributed by atoms with Crippen LogP contribution in [-0.2, 0) is 9.59 Å². The van der Waals surface area contributed by atoms with Crippen molar-refractivity contribution in [2.75, 3.05) is 13.1 Å². The number of carbonyl (C=O) groups is 2. The van der Waals surface area contributed by atoms with E-state index in [2.05, 4.69) is 24.5 Å². The molecule has 0 aromatic heterocycles. The third kappa shape index (κ3) is 9.03. The normalized spacial score (nSPS) is 13.5. The molecule has 130 valence electrons. The van der Waals surface area contributed by atoms with Gasteiger partial charge < -0.3 is 16.4 Å². The molecule has 0 aliphatic carbocycles. The van der Waals surface area contributed by atoms with E-state index >= 15 is 0 Å². The average molecular weight is 313 g/mol. The zero-order chi connectivity index (χ0) is 16.8. The molecule has 1 atom stereocenters. The molecule has 0 radical (unpaired) electrons. The van der Waals surface area contributed by atoms with Crippen LogP contribution in [0.25, 0.3) is 0 Å². The van der Waals surface area contributed by atoms with E-state index < -0.39 is 5.54 Å². The quantitative estimate of drug-likeness (QED) is 0.457. The molecule has 0 fully saturated rings. The number of nitrogens with two attached hydrogens (primary N) is 1. The van der Waals surface area contributed by atoms with Crippen molar-refractivity contribution in [1.82, 2.24) is 10.6 Å². The van der Waals surface area contributed by atoms with Gasteiger partial charge in [0.05, 0.1) is 0 Å². The zero-order valence-corrected chi connectivity index (χ0v) is 14.7. The maximum absolute atomic E-state index is 12.2. The molecule has 0 aliphatic rings. The van der Waals surface area contributed by atoms with Crippen molar-refractivity contribution in [1.29, 1.82) is 0 Å². The summed E-state index contributed by atoms with van der Waals surface area (Å²) in [5, 5.41) is 5.68. The van der Waals surface area contributed by atoms with Crippen molar-refractivity contribution in [2.24, 2.45) is 5.73 Å². The molecule has 4 N–H and O–H groups in total. The number of amides is 2. The Kier molecular flexibility index (Phi) is 11.8. The Morgan fingerprint density at radius 2 is 1.55 bits per heavy atom. The molecule has 22 heavy (non-hydrogen) atoms. The van der Waals surface area contributed by atoms with Crippen LogP contribution in [0, 0.1) is 0 Å². The molecule has 0 aromatic rings. The van der Waals surface area contributed by atoms with Gasteiger partial charge in [-0.15, -0.1) is 0 Å². The maximum atomic E-state index is 12.2. The van der Waals surface area contributed by atoms with Gasteiger partial charge in [0.1, 0.15) is 5.54 Å². The van der Waals surface area contributed by atoms with Gasteiger partial charge >= 0.3 is 0 Å². The molecule has 0 rings (SSSR count). The second-order valence-electron chi connectivity index (χ2n) is 6.21. The van der Waals surface area contributed by atoms with Crippen LogP contribution in [0.1, 0.15) is 78.6 Å². The molecular formula is C17H35N3O2. The summed E-state index contributed by atoms with van der Waals surface area (Å²) in [5.41, 5.74) is 4.70. The second-order valence-corrected chi connectivity index (χ2v) is 6.21. The molecule has 0 aromatic carbocycles. The SMILES string of the molecule is CCCCCCNC(=O)C(C)(CN)NC(=O)CCCCCC. The van der Waals surface area contributed by atoms with E-state index in [1.54, 1.807) is 6.92 Å². The van der Waals surface area contributed by atoms with E-state index in [0.29, 0.717) is 13.0 Å². The summed E-state index contributed by atoms with van der Waals surface area (Å²) >= 11 is 0. The first-order valence-corrected chi connectivity index (χ1v) is 8.79. The molecule has 0 bridgehead atoms. The third-order valence-corrected chi connectivity index (χ3v) is 3.90. The van der Waals surface area contributed by atoms with Gasteiger partial charge in [0.25, 0.3) is 0 Å². The molecule has 0 heterocycles. The van der Waals surface area contributed by atoms with Crippen LogP contribution in [0.3, 0.4) is 0 Å². The van der Waals surface area contributed by atoms with Crippen LogP contribution in [0.5, 0.6) is 0 Å². The van der Waals surface area contributed by atoms with Gasteiger partial charge in [0.2, 0.25) is 11.8 Å². The fourth-order valence-corrected chi connectivity index (χ4v) is 2.23. The molecule has 0 saturated carbocycles. The highest BCUT2D eigenvalue weighted by atomic mass is 16.2. The van der Waals surface area contributed by atoms with Crippen LogP contribution in [0.4, 0.5) is 0 Å². The lowest BCUT2D eigenvalue weighted by Gasteiger charge is -2.28. The minimum absolute atomic E-state index is 0.0924. The Bertz CT molecular complexity index is 321. The Morgan fingerprint density at radius 1 is 0.955 bits per heavy atom. The lowest BCUT2D eigenvalue weighted by atomic mass is 10.0. The molecule has 5 nitrogen and oxygen atoms in total. The first-order chi connectivity index (χ1) is 10.5. The van der Waals surface area contributed by atoms with Gasteiger partial charge in [0.15, 0.2) is 0 Å². The van der Waals surface area contributed by atoms with Crippen LogP contribution in [0.15, 0.2) is 0 Å². The van der Waals surface area contributed by atoms with Crippen LogP contribution in [-0.4, -0.2) is 30.4 Å². The zero-order valence-electron chi connectivity index (χ0n) is 14.7. The first kappa shape index (κ1) is 20.9. The predicted octanol–water partition coefficient (Wildman–Crippen LogP) is 2.49. The van der Waals surface area contributed by atoms with Crippen molar-refractivity contribution in [2.45, 2.75) is 84.1 Å². The monoisotopic (exact) mass is 313 g/mol. The van der Waals surface area contributed by atoms with E-state index in [1.807, 2.05) is 0 Å². The van der Waals surface area contributed by atoms with Gasteiger partial charge in [-0.1, -0.05) is 52.4 Å². The number of rotatable bonds is 13. The van der Waals surface area contributed by atoms with Crippen LogP contribution >= 0.6 is 0 Å². The third-order valence-electron chi connectivity index (χ3n) is 3.90. The summed E-state index contributed by atoms with van der Waals surface area (Å²) < 4.78 is 0. The average Bonchev–Trinajstić information content (AvgIpc) is 2.51. The first-order valence-electron chi connectivity index (χ1n) is 8.79. The molecule has 0 aliphatic heterocycles. The van der Waals surface area contributed by atoms with Crippen LogP contribution in [0.2, 0.25) is 0 Å². The Hall–Kier alpha value is -1.10. The van der Waals surface area contributed by atoms with Gasteiger partial charge in [-0.05, 0) is 19.8 Å². The molecule has 0 saturated heterocycles. The summed E-state index contributed by atoms with van der Waals surface area (Å²) in [6.45, 7) is 6.73. The standard InChI is InChI=1S/C17H35N3O2/c1-4-6-8-10-12-15(21)20-17(3,14-18)16(22)19-13-11-9-7-5-2/h4-14,18H2,1-3H3,(H,19,22)(H,20,21). The Balaban J connectivity index is 4.13. The van der Waals surface area contributed by atoms with Gasteiger partial charge in [-0.25, -0.2) is 0 Å². The highest BCUT2D eigenvalue weighted by Crippen LogP contribution is 2.07. The summed E-state index contributed by atoms with van der Waals surface area (Å²) in [6, 6.07) is 0. The summed E-state index contributed by atoms with van der Waals surface area (Å²) in [4.78, 5) is 24.2. The topological polar surface area (TPSA) is 84.2 Å². The predicted molar refractivity (Wildman–Crippen MR) is 91.5 cm³/mol. The molecular weight excluding hydrogens is 278 g/mol. The summed E-state index contributed by atoms with van der Waals surface area (Å²) in [6.07, 6.45) is 9.07. The number of hydrogen-bond acceptors (Lipinski definition) is 3. The van der Waals surface area contributed by atoms with Crippen molar-refractivity contribution in [3.05, 3.63) is 0 Å². The number of nitrogens with one attached hydrogen (secondary N) is 2. The highest BCUT2D eigenvalue weighted by Gasteiger charge is 2.32. The molecule has 5 heteroatoms. The van der Waals surface area contributed by atoms with Gasteiger partial charge in [-0.3, -0.25) is 9.59 Å². The van der Waals surface area contributed by atoms with E-state index in [1.165, 1.54) is 12.8 Å². The molecule has 2 amide bonds. The lowest BCUT2D eigenvalue weighted by molar-refractivity contribution is -0.132. The number of unbranched alkanes of at least 4 members (excludes halogenated alkanes) is 6. The maximum Gasteiger partial charge on any atom is 0.246 e. The lowest BCUT2D eigenvalue weighted by Crippen LogP contribution is -2.61. The smallest absolute Gasteiger partial charge is 0.246 e. The van der Waals surface area contributed by atoms with Crippen molar-refractivity contribution in [3.8, 4) is 0 Å². The molecule has 0 spiro atoms. The summed E-state index contributed by atoms with van der Waals surface area (Å²) in [7, 11) is 0. The van der Waals surface area contributed by atoms with Crippen molar-refractivity contribution < 1.29 is 9.59 Å². The number of hydrogen-bond donors (Lipinski definition) is 3. The largest absolute Gasteiger partial charge is 0.354 e. The molecule has 1 unspecified atom stereocenters. The van der Waals surface area contributed by atoms with Crippen molar-refractivity contribution >= 4 is 11.8 Å². The Labute approximate surface area is 135 Å². The van der Waals surface area contributed by atoms with Gasteiger partial charge in [0, 0.05) is 19.5 Å². The van der Waals surface area contributed by atoms with E-state index in [0.717, 1.165) is 38.5 Å². The van der Waals surface area contributed by atoms with Gasteiger partial charge in [-0.2, -0.15) is 0 Å². The number of carbonyl (C=O) groups excluding carboxylic acids is 2. The second kappa shape index (κ2) is 12.4. The minimum Gasteiger partial charge on any atom is -0.354 e. The van der Waals surface area contributed by atoms with E-state index in [4.69, 9.17) is 5.73 Å². The fraction of sp³-hybridized carbons (Fsp3) is 0.882. The summed E-state index contributed by atoms with van der Waals surface area (Å²) in [5.74, 6) is -0.279. The fourth-order valence-electron chi connectivity index (χ4n) is 2.23.